The summed E-state index contributed by atoms with van der Waals surface area (Å²) >= 11 is 1.56. The summed E-state index contributed by atoms with van der Waals surface area (Å²) in [6.45, 7) is 6.58. The quantitative estimate of drug-likeness (QED) is 0.684. The second-order valence-electron chi connectivity index (χ2n) is 7.54. The second kappa shape index (κ2) is 8.78. The Morgan fingerprint density at radius 2 is 1.93 bits per heavy atom. The number of hydrogen-bond acceptors (Lipinski definition) is 5. The minimum absolute atomic E-state index is 0.0718. The molecule has 0 unspecified atom stereocenters. The highest BCUT2D eigenvalue weighted by Gasteiger charge is 2.18. The van der Waals surface area contributed by atoms with E-state index in [9.17, 15) is 4.79 Å². The Balaban J connectivity index is 1.40. The van der Waals surface area contributed by atoms with Gasteiger partial charge in [-0.05, 0) is 44.4 Å². The summed E-state index contributed by atoms with van der Waals surface area (Å²) in [5, 5.41) is 5.85. The fourth-order valence-electron chi connectivity index (χ4n) is 3.90. The smallest absolute Gasteiger partial charge is 0.253 e. The topological polar surface area (TPSA) is 63.1 Å². The van der Waals surface area contributed by atoms with Crippen molar-refractivity contribution in [1.29, 1.82) is 0 Å². The molecule has 0 atom stereocenters. The van der Waals surface area contributed by atoms with Crippen molar-refractivity contribution < 1.29 is 4.79 Å². The van der Waals surface area contributed by atoms with Crippen LogP contribution in [-0.2, 0) is 6.54 Å². The molecule has 29 heavy (non-hydrogen) atoms. The third-order valence-corrected chi connectivity index (χ3v) is 6.24. The number of nitrogens with one attached hydrogen (secondary N) is 1. The van der Waals surface area contributed by atoms with E-state index in [0.29, 0.717) is 12.1 Å². The van der Waals surface area contributed by atoms with Crippen molar-refractivity contribution in [2.24, 2.45) is 0 Å². The zero-order valence-corrected chi connectivity index (χ0v) is 17.8. The molecule has 1 N–H and O–H groups in total. The van der Waals surface area contributed by atoms with Crippen molar-refractivity contribution in [3.8, 4) is 5.13 Å². The average molecular weight is 410 g/mol. The Labute approximate surface area is 175 Å². The first kappa shape index (κ1) is 19.6. The van der Waals surface area contributed by atoms with E-state index in [2.05, 4.69) is 32.3 Å². The molecular weight excluding hydrogens is 382 g/mol. The van der Waals surface area contributed by atoms with Crippen molar-refractivity contribution in [3.05, 3.63) is 58.5 Å². The van der Waals surface area contributed by atoms with Crippen LogP contribution in [-0.4, -0.2) is 33.5 Å². The van der Waals surface area contributed by atoms with Crippen LogP contribution in [0.25, 0.3) is 5.13 Å². The van der Waals surface area contributed by atoms with E-state index < -0.39 is 0 Å². The van der Waals surface area contributed by atoms with Crippen molar-refractivity contribution in [1.82, 2.24) is 19.9 Å². The lowest BCUT2D eigenvalue weighted by molar-refractivity contribution is 0.0950. The number of rotatable bonds is 5. The summed E-state index contributed by atoms with van der Waals surface area (Å²) in [7, 11) is 0. The van der Waals surface area contributed by atoms with Crippen LogP contribution in [0.1, 0.15) is 53.0 Å². The predicted molar refractivity (Wildman–Crippen MR) is 117 cm³/mol. The van der Waals surface area contributed by atoms with Gasteiger partial charge in [0.1, 0.15) is 5.82 Å². The van der Waals surface area contributed by atoms with Crippen molar-refractivity contribution >= 4 is 23.1 Å². The first-order valence-corrected chi connectivity index (χ1v) is 11.1. The molecule has 1 aliphatic heterocycles. The molecule has 152 valence electrons. The summed E-state index contributed by atoms with van der Waals surface area (Å²) in [5.74, 6) is 0.964. The SMILES string of the molecule is Cc1cc(C(=O)NCc2ccc(N3CCCCCC3)nc2)c(C)n1-c1nccs1. The maximum atomic E-state index is 12.8. The summed E-state index contributed by atoms with van der Waals surface area (Å²) in [5.41, 5.74) is 3.60. The van der Waals surface area contributed by atoms with Gasteiger partial charge in [0.25, 0.3) is 5.91 Å². The number of carbonyl (C=O) groups excluding carboxylic acids is 1. The standard InChI is InChI=1S/C22H27N5OS/c1-16-13-19(17(2)27(16)22-23-9-12-29-22)21(28)25-15-18-7-8-20(24-14-18)26-10-5-3-4-6-11-26/h7-9,12-14H,3-6,10-11,15H2,1-2H3,(H,25,28). The van der Waals surface area contributed by atoms with Gasteiger partial charge in [-0.2, -0.15) is 0 Å². The number of carbonyl (C=O) groups is 1. The number of aromatic nitrogens is 3. The summed E-state index contributed by atoms with van der Waals surface area (Å²) < 4.78 is 2.02. The first-order valence-electron chi connectivity index (χ1n) is 10.2. The fourth-order valence-corrected chi connectivity index (χ4v) is 4.65. The largest absolute Gasteiger partial charge is 0.357 e. The monoisotopic (exact) mass is 409 g/mol. The average Bonchev–Trinajstić information content (AvgIpc) is 3.25. The molecule has 1 aliphatic rings. The van der Waals surface area contributed by atoms with E-state index in [1.807, 2.05) is 36.1 Å². The van der Waals surface area contributed by atoms with Crippen molar-refractivity contribution in [3.63, 3.8) is 0 Å². The van der Waals surface area contributed by atoms with E-state index in [1.165, 1.54) is 25.7 Å². The number of thiazole rings is 1. The van der Waals surface area contributed by atoms with E-state index in [0.717, 1.165) is 41.0 Å². The minimum Gasteiger partial charge on any atom is -0.357 e. The van der Waals surface area contributed by atoms with Crippen molar-refractivity contribution in [2.75, 3.05) is 18.0 Å². The summed E-state index contributed by atoms with van der Waals surface area (Å²) in [6, 6.07) is 6.06. The van der Waals surface area contributed by atoms with Gasteiger partial charge in [0.05, 0.1) is 5.56 Å². The zero-order valence-electron chi connectivity index (χ0n) is 17.0. The molecular formula is C22H27N5OS. The first-order chi connectivity index (χ1) is 14.1. The molecule has 6 nitrogen and oxygen atoms in total. The van der Waals surface area contributed by atoms with Gasteiger partial charge < -0.3 is 10.2 Å². The van der Waals surface area contributed by atoms with Crippen LogP contribution in [0.5, 0.6) is 0 Å². The van der Waals surface area contributed by atoms with Gasteiger partial charge in [0.15, 0.2) is 5.13 Å². The summed E-state index contributed by atoms with van der Waals surface area (Å²) in [4.78, 5) is 24.1. The molecule has 0 radical (unpaired) electrons. The lowest BCUT2D eigenvalue weighted by Gasteiger charge is -2.21. The highest BCUT2D eigenvalue weighted by atomic mass is 32.1. The molecule has 1 fully saturated rings. The van der Waals surface area contributed by atoms with Gasteiger partial charge in [-0.3, -0.25) is 9.36 Å². The number of aryl methyl sites for hydroxylation is 1. The molecule has 0 aromatic carbocycles. The zero-order chi connectivity index (χ0) is 20.2. The van der Waals surface area contributed by atoms with Crippen LogP contribution in [0.2, 0.25) is 0 Å². The normalized spacial score (nSPS) is 14.6. The lowest BCUT2D eigenvalue weighted by Crippen LogP contribution is -2.25. The van der Waals surface area contributed by atoms with Gasteiger partial charge in [-0.1, -0.05) is 18.9 Å². The Kier molecular flexibility index (Phi) is 5.94. The molecule has 0 aliphatic carbocycles. The predicted octanol–water partition coefficient (Wildman–Crippen LogP) is 4.26. The Bertz CT molecular complexity index is 954. The molecule has 0 saturated carbocycles. The minimum atomic E-state index is -0.0718. The molecule has 1 amide bonds. The highest BCUT2D eigenvalue weighted by molar-refractivity contribution is 7.12. The van der Waals surface area contributed by atoms with Crippen LogP contribution >= 0.6 is 11.3 Å². The molecule has 0 spiro atoms. The number of anilines is 1. The molecule has 3 aromatic heterocycles. The highest BCUT2D eigenvalue weighted by Crippen LogP contribution is 2.22. The molecule has 0 bridgehead atoms. The van der Waals surface area contributed by atoms with Crippen LogP contribution in [0.4, 0.5) is 5.82 Å². The maximum Gasteiger partial charge on any atom is 0.253 e. The van der Waals surface area contributed by atoms with Gasteiger partial charge in [0.2, 0.25) is 0 Å². The van der Waals surface area contributed by atoms with E-state index in [-0.39, 0.29) is 5.91 Å². The van der Waals surface area contributed by atoms with E-state index in [4.69, 9.17) is 0 Å². The van der Waals surface area contributed by atoms with Crippen LogP contribution in [0, 0.1) is 13.8 Å². The van der Waals surface area contributed by atoms with E-state index in [1.54, 1.807) is 17.5 Å². The number of nitrogens with zero attached hydrogens (tertiary/aromatic N) is 4. The number of amides is 1. The number of pyridine rings is 1. The number of hydrogen-bond donors (Lipinski definition) is 1. The third-order valence-electron chi connectivity index (χ3n) is 5.48. The van der Waals surface area contributed by atoms with E-state index >= 15 is 0 Å². The molecule has 1 saturated heterocycles. The molecule has 3 aromatic rings. The Morgan fingerprint density at radius 1 is 1.14 bits per heavy atom. The van der Waals surface area contributed by atoms with Gasteiger partial charge in [-0.15, -0.1) is 11.3 Å². The maximum absolute atomic E-state index is 12.8. The third kappa shape index (κ3) is 4.34. The Hall–Kier alpha value is -2.67. The van der Waals surface area contributed by atoms with Crippen LogP contribution in [0.3, 0.4) is 0 Å². The van der Waals surface area contributed by atoms with Crippen LogP contribution in [0.15, 0.2) is 36.0 Å². The molecule has 7 heteroatoms. The second-order valence-corrected chi connectivity index (χ2v) is 8.42. The lowest BCUT2D eigenvalue weighted by atomic mass is 10.2. The van der Waals surface area contributed by atoms with Gasteiger partial charge in [-0.25, -0.2) is 9.97 Å². The van der Waals surface area contributed by atoms with Gasteiger partial charge in [0, 0.05) is 48.8 Å². The summed E-state index contributed by atoms with van der Waals surface area (Å²) in [6.07, 6.45) is 8.74. The molecule has 4 rings (SSSR count). The molecule has 4 heterocycles. The fraction of sp³-hybridized carbons (Fsp3) is 0.409. The van der Waals surface area contributed by atoms with Gasteiger partial charge >= 0.3 is 0 Å². The van der Waals surface area contributed by atoms with Crippen molar-refractivity contribution in [2.45, 2.75) is 46.1 Å². The Morgan fingerprint density at radius 3 is 2.59 bits per heavy atom. The van der Waals surface area contributed by atoms with Crippen LogP contribution < -0.4 is 10.2 Å².